The van der Waals surface area contributed by atoms with Gasteiger partial charge in [-0.1, -0.05) is 89.4 Å². The van der Waals surface area contributed by atoms with Crippen LogP contribution in [-0.4, -0.2) is 21.8 Å². The monoisotopic (exact) mass is 454 g/mol. The van der Waals surface area contributed by atoms with E-state index >= 15 is 0 Å². The van der Waals surface area contributed by atoms with Crippen molar-refractivity contribution in [3.05, 3.63) is 119 Å². The lowest BCUT2D eigenvalue weighted by Crippen LogP contribution is -2.22. The molecular weight excluding hydrogens is 424 g/mol. The molecule has 0 aliphatic rings. The van der Waals surface area contributed by atoms with Crippen LogP contribution in [0.15, 0.2) is 86.0 Å². The van der Waals surface area contributed by atoms with Crippen LogP contribution in [0.4, 0.5) is 0 Å². The van der Waals surface area contributed by atoms with Gasteiger partial charge in [0.1, 0.15) is 11.5 Å². The van der Waals surface area contributed by atoms with E-state index in [2.05, 4.69) is 13.2 Å². The number of carbonyl (C=O) groups is 2. The number of rotatable bonds is 8. The minimum atomic E-state index is -0.517. The minimum absolute atomic E-state index is 0.0567. The molecule has 0 aliphatic heterocycles. The molecule has 0 bridgehead atoms. The SMILES string of the molecule is C=CC(=O)c1ccc(C(C)(C)c2ccc(C(C)(C)c3ccc(C(=O)C=C)cc3O)cc2)c(O)c1. The van der Waals surface area contributed by atoms with Gasteiger partial charge in [0.25, 0.3) is 0 Å². The summed E-state index contributed by atoms with van der Waals surface area (Å²) in [5, 5.41) is 21.3. The highest BCUT2D eigenvalue weighted by Crippen LogP contribution is 2.40. The van der Waals surface area contributed by atoms with Crippen molar-refractivity contribution in [2.45, 2.75) is 38.5 Å². The fourth-order valence-electron chi connectivity index (χ4n) is 4.28. The lowest BCUT2D eigenvalue weighted by molar-refractivity contribution is 0.103. The van der Waals surface area contributed by atoms with E-state index in [4.69, 9.17) is 0 Å². The first-order valence-electron chi connectivity index (χ1n) is 11.0. The van der Waals surface area contributed by atoms with E-state index in [0.29, 0.717) is 22.3 Å². The summed E-state index contributed by atoms with van der Waals surface area (Å²) in [6.45, 7) is 15.0. The van der Waals surface area contributed by atoms with Crippen LogP contribution in [0.1, 0.15) is 70.7 Å². The van der Waals surface area contributed by atoms with Crippen molar-refractivity contribution in [3.63, 3.8) is 0 Å². The maximum atomic E-state index is 11.9. The number of hydrogen-bond acceptors (Lipinski definition) is 4. The Balaban J connectivity index is 1.95. The quantitative estimate of drug-likeness (QED) is 0.301. The van der Waals surface area contributed by atoms with Gasteiger partial charge in [0.15, 0.2) is 11.6 Å². The first-order valence-corrected chi connectivity index (χ1v) is 11.0. The summed E-state index contributed by atoms with van der Waals surface area (Å²) in [6, 6.07) is 17.9. The molecule has 4 heteroatoms. The fourth-order valence-corrected chi connectivity index (χ4v) is 4.28. The Kier molecular flexibility index (Phi) is 6.65. The van der Waals surface area contributed by atoms with Crippen molar-refractivity contribution in [3.8, 4) is 11.5 Å². The van der Waals surface area contributed by atoms with Crippen molar-refractivity contribution in [2.24, 2.45) is 0 Å². The highest BCUT2D eigenvalue weighted by atomic mass is 16.3. The lowest BCUT2D eigenvalue weighted by Gasteiger charge is -2.30. The average molecular weight is 455 g/mol. The van der Waals surface area contributed by atoms with Gasteiger partial charge in [0.05, 0.1) is 0 Å². The van der Waals surface area contributed by atoms with E-state index in [9.17, 15) is 19.8 Å². The van der Waals surface area contributed by atoms with Gasteiger partial charge in [0.2, 0.25) is 0 Å². The molecule has 0 atom stereocenters. The van der Waals surface area contributed by atoms with Crippen LogP contribution >= 0.6 is 0 Å². The van der Waals surface area contributed by atoms with Gasteiger partial charge in [-0.05, 0) is 35.4 Å². The molecule has 0 unspecified atom stereocenters. The fraction of sp³-hybridized carbons (Fsp3) is 0.200. The summed E-state index contributed by atoms with van der Waals surface area (Å²) in [5.41, 5.74) is 3.15. The molecule has 174 valence electrons. The number of ketones is 2. The standard InChI is InChI=1S/C30H30O4/c1-7-25(31)19-9-15-23(27(33)17-19)29(3,4)21-11-13-22(14-12-21)30(5,6)24-16-10-20(18-28(24)34)26(32)8-2/h7-18,33-34H,1-2H2,3-6H3. The second-order valence-corrected chi connectivity index (χ2v) is 9.43. The van der Waals surface area contributed by atoms with Crippen LogP contribution in [0.25, 0.3) is 0 Å². The number of phenolic OH excluding ortho intramolecular Hbond substituents is 2. The molecule has 4 nitrogen and oxygen atoms in total. The predicted octanol–water partition coefficient (Wildman–Crippen LogP) is 6.49. The van der Waals surface area contributed by atoms with Crippen molar-refractivity contribution >= 4 is 11.6 Å². The molecule has 2 N–H and O–H groups in total. The molecule has 0 heterocycles. The van der Waals surface area contributed by atoms with Crippen LogP contribution in [0.3, 0.4) is 0 Å². The number of allylic oxidation sites excluding steroid dienone is 2. The van der Waals surface area contributed by atoms with Gasteiger partial charge in [-0.25, -0.2) is 0 Å². The van der Waals surface area contributed by atoms with Crippen molar-refractivity contribution in [1.29, 1.82) is 0 Å². The normalized spacial score (nSPS) is 11.6. The van der Waals surface area contributed by atoms with Crippen LogP contribution in [-0.2, 0) is 10.8 Å². The number of aromatic hydroxyl groups is 2. The molecule has 0 aromatic heterocycles. The zero-order valence-corrected chi connectivity index (χ0v) is 20.1. The second-order valence-electron chi connectivity index (χ2n) is 9.43. The Morgan fingerprint density at radius 1 is 0.647 bits per heavy atom. The molecule has 0 radical (unpaired) electrons. The second kappa shape index (κ2) is 9.14. The third kappa shape index (κ3) is 4.44. The molecule has 0 spiro atoms. The Hall–Kier alpha value is -3.92. The molecular formula is C30H30O4. The van der Waals surface area contributed by atoms with Gasteiger partial charge in [0, 0.05) is 33.1 Å². The maximum Gasteiger partial charge on any atom is 0.185 e. The summed E-state index contributed by atoms with van der Waals surface area (Å²) < 4.78 is 0. The van der Waals surface area contributed by atoms with Crippen molar-refractivity contribution in [1.82, 2.24) is 0 Å². The van der Waals surface area contributed by atoms with Gasteiger partial charge < -0.3 is 10.2 Å². The summed E-state index contributed by atoms with van der Waals surface area (Å²) >= 11 is 0. The van der Waals surface area contributed by atoms with E-state index in [1.165, 1.54) is 24.3 Å². The van der Waals surface area contributed by atoms with E-state index in [0.717, 1.165) is 11.1 Å². The van der Waals surface area contributed by atoms with E-state index in [-0.39, 0.29) is 23.1 Å². The molecule has 3 aromatic carbocycles. The molecule has 34 heavy (non-hydrogen) atoms. The molecule has 0 amide bonds. The molecule has 3 aromatic rings. The summed E-state index contributed by atoms with van der Waals surface area (Å²) in [6.07, 6.45) is 2.45. The minimum Gasteiger partial charge on any atom is -0.508 e. The Morgan fingerprint density at radius 2 is 0.971 bits per heavy atom. The third-order valence-corrected chi connectivity index (χ3v) is 6.61. The van der Waals surface area contributed by atoms with Gasteiger partial charge in [-0.15, -0.1) is 0 Å². The van der Waals surface area contributed by atoms with Crippen molar-refractivity contribution < 1.29 is 19.8 Å². The summed E-state index contributed by atoms with van der Waals surface area (Å²) in [5.74, 6) is -0.366. The summed E-state index contributed by atoms with van der Waals surface area (Å²) in [4.78, 5) is 23.7. The molecule has 0 saturated heterocycles. The molecule has 3 rings (SSSR count). The maximum absolute atomic E-state index is 11.9. The largest absolute Gasteiger partial charge is 0.508 e. The summed E-state index contributed by atoms with van der Waals surface area (Å²) in [7, 11) is 0. The smallest absolute Gasteiger partial charge is 0.185 e. The van der Waals surface area contributed by atoms with Crippen LogP contribution in [0, 0.1) is 0 Å². The number of carbonyl (C=O) groups excluding carboxylic acids is 2. The highest BCUT2D eigenvalue weighted by Gasteiger charge is 2.30. The zero-order chi connectivity index (χ0) is 25.3. The molecule has 0 saturated carbocycles. The van der Waals surface area contributed by atoms with Crippen LogP contribution in [0.5, 0.6) is 11.5 Å². The zero-order valence-electron chi connectivity index (χ0n) is 20.1. The third-order valence-electron chi connectivity index (χ3n) is 6.61. The van der Waals surface area contributed by atoms with Gasteiger partial charge >= 0.3 is 0 Å². The van der Waals surface area contributed by atoms with Gasteiger partial charge in [-0.3, -0.25) is 9.59 Å². The Morgan fingerprint density at radius 3 is 1.24 bits per heavy atom. The molecule has 0 fully saturated rings. The predicted molar refractivity (Wildman–Crippen MR) is 136 cm³/mol. The number of benzene rings is 3. The number of phenols is 2. The van der Waals surface area contributed by atoms with Gasteiger partial charge in [-0.2, -0.15) is 0 Å². The van der Waals surface area contributed by atoms with Crippen LogP contribution in [0.2, 0.25) is 0 Å². The average Bonchev–Trinajstić information content (AvgIpc) is 2.82. The van der Waals surface area contributed by atoms with Crippen LogP contribution < -0.4 is 0 Å². The lowest BCUT2D eigenvalue weighted by atomic mass is 9.74. The van der Waals surface area contributed by atoms with E-state index < -0.39 is 10.8 Å². The Labute approximate surface area is 200 Å². The molecule has 0 aliphatic carbocycles. The highest BCUT2D eigenvalue weighted by molar-refractivity contribution is 6.05. The first kappa shape index (κ1) is 24.7. The first-order chi connectivity index (χ1) is 15.9. The Bertz CT molecular complexity index is 1180. The van der Waals surface area contributed by atoms with E-state index in [1.807, 2.05) is 52.0 Å². The topological polar surface area (TPSA) is 74.6 Å². The number of hydrogen-bond donors (Lipinski definition) is 2. The van der Waals surface area contributed by atoms with E-state index in [1.54, 1.807) is 24.3 Å². The van der Waals surface area contributed by atoms with Crippen molar-refractivity contribution in [2.75, 3.05) is 0 Å².